The van der Waals surface area contributed by atoms with E-state index >= 15 is 0 Å². The van der Waals surface area contributed by atoms with E-state index in [1.165, 1.54) is 5.56 Å². The molecule has 1 amide bonds. The zero-order valence-electron chi connectivity index (χ0n) is 11.1. The van der Waals surface area contributed by atoms with E-state index in [2.05, 4.69) is 12.2 Å². The number of benzene rings is 1. The number of amides is 1. The fraction of sp³-hybridized carbons (Fsp3) is 0.267. The highest BCUT2D eigenvalue weighted by molar-refractivity contribution is 5.91. The SMILES string of the molecule is CCc1ccc(NC(=O)C[NH2+]Cc2ccco2)cc1. The first kappa shape index (κ1) is 13.4. The van der Waals surface area contributed by atoms with Gasteiger partial charge in [-0.05, 0) is 36.2 Å². The second-order valence-corrected chi connectivity index (χ2v) is 4.37. The Hall–Kier alpha value is -2.07. The number of nitrogens with one attached hydrogen (secondary N) is 1. The highest BCUT2D eigenvalue weighted by atomic mass is 16.3. The van der Waals surface area contributed by atoms with E-state index in [1.54, 1.807) is 6.26 Å². The van der Waals surface area contributed by atoms with Gasteiger partial charge in [0.2, 0.25) is 0 Å². The molecule has 0 radical (unpaired) electrons. The molecule has 100 valence electrons. The van der Waals surface area contributed by atoms with E-state index in [0.717, 1.165) is 17.9 Å². The van der Waals surface area contributed by atoms with Crippen molar-refractivity contribution < 1.29 is 14.5 Å². The van der Waals surface area contributed by atoms with Crippen LogP contribution in [-0.2, 0) is 17.8 Å². The van der Waals surface area contributed by atoms with Crippen molar-refractivity contribution in [3.05, 3.63) is 54.0 Å². The zero-order valence-corrected chi connectivity index (χ0v) is 11.1. The van der Waals surface area contributed by atoms with Gasteiger partial charge in [0.05, 0.1) is 6.26 Å². The summed E-state index contributed by atoms with van der Waals surface area (Å²) in [7, 11) is 0. The van der Waals surface area contributed by atoms with Crippen LogP contribution >= 0.6 is 0 Å². The Bertz CT molecular complexity index is 503. The third kappa shape index (κ3) is 4.26. The zero-order chi connectivity index (χ0) is 13.5. The van der Waals surface area contributed by atoms with Crippen molar-refractivity contribution in [3.8, 4) is 0 Å². The number of carbonyl (C=O) groups excluding carboxylic acids is 1. The minimum Gasteiger partial charge on any atom is -0.463 e. The molecule has 0 fully saturated rings. The lowest BCUT2D eigenvalue weighted by Gasteiger charge is -2.05. The number of carbonyl (C=O) groups is 1. The first-order valence-corrected chi connectivity index (χ1v) is 6.50. The fourth-order valence-electron chi connectivity index (χ4n) is 1.81. The Kier molecular flexibility index (Phi) is 4.75. The summed E-state index contributed by atoms with van der Waals surface area (Å²) in [5.74, 6) is 0.871. The minimum atomic E-state index is -0.00388. The van der Waals surface area contributed by atoms with E-state index in [0.29, 0.717) is 13.1 Å². The molecule has 2 rings (SSSR count). The van der Waals surface area contributed by atoms with Gasteiger partial charge >= 0.3 is 0 Å². The van der Waals surface area contributed by atoms with Gasteiger partial charge in [0.15, 0.2) is 12.3 Å². The van der Waals surface area contributed by atoms with Crippen molar-refractivity contribution in [2.24, 2.45) is 0 Å². The summed E-state index contributed by atoms with van der Waals surface area (Å²) in [6.45, 7) is 3.17. The van der Waals surface area contributed by atoms with Gasteiger partial charge in [0, 0.05) is 5.69 Å². The van der Waals surface area contributed by atoms with Gasteiger partial charge in [-0.1, -0.05) is 19.1 Å². The summed E-state index contributed by atoms with van der Waals surface area (Å²) in [4.78, 5) is 11.7. The maximum atomic E-state index is 11.7. The van der Waals surface area contributed by atoms with Crippen molar-refractivity contribution >= 4 is 11.6 Å². The van der Waals surface area contributed by atoms with E-state index in [4.69, 9.17) is 4.42 Å². The molecule has 4 nitrogen and oxygen atoms in total. The standard InChI is InChI=1S/C15H18N2O2/c1-2-12-5-7-13(8-6-12)17-15(18)11-16-10-14-4-3-9-19-14/h3-9,16H,2,10-11H2,1H3,(H,17,18)/p+1. The molecule has 0 bridgehead atoms. The van der Waals surface area contributed by atoms with Crippen LogP contribution in [-0.4, -0.2) is 12.5 Å². The minimum absolute atomic E-state index is 0.00388. The average Bonchev–Trinajstić information content (AvgIpc) is 2.93. The monoisotopic (exact) mass is 259 g/mol. The van der Waals surface area contributed by atoms with Crippen LogP contribution in [0.15, 0.2) is 47.1 Å². The number of nitrogens with two attached hydrogens (primary N) is 1. The van der Waals surface area contributed by atoms with Gasteiger partial charge < -0.3 is 15.1 Å². The van der Waals surface area contributed by atoms with Crippen LogP contribution in [0.25, 0.3) is 0 Å². The lowest BCUT2D eigenvalue weighted by molar-refractivity contribution is -0.661. The molecule has 0 saturated carbocycles. The molecule has 4 heteroatoms. The van der Waals surface area contributed by atoms with Crippen molar-refractivity contribution in [3.63, 3.8) is 0 Å². The maximum absolute atomic E-state index is 11.7. The van der Waals surface area contributed by atoms with Crippen molar-refractivity contribution in [2.45, 2.75) is 19.9 Å². The molecule has 3 N–H and O–H groups in total. The Morgan fingerprint density at radius 3 is 2.68 bits per heavy atom. The number of aryl methyl sites for hydroxylation is 1. The molecule has 0 unspecified atom stereocenters. The first-order chi connectivity index (χ1) is 9.28. The van der Waals surface area contributed by atoms with Crippen molar-refractivity contribution in [1.82, 2.24) is 0 Å². The highest BCUT2D eigenvalue weighted by Gasteiger charge is 2.05. The average molecular weight is 259 g/mol. The van der Waals surface area contributed by atoms with Crippen molar-refractivity contribution in [2.75, 3.05) is 11.9 Å². The van der Waals surface area contributed by atoms with Crippen LogP contribution in [0.2, 0.25) is 0 Å². The molecular formula is C15H19N2O2+. The highest BCUT2D eigenvalue weighted by Crippen LogP contribution is 2.09. The number of hydrogen-bond acceptors (Lipinski definition) is 2. The van der Waals surface area contributed by atoms with Crippen molar-refractivity contribution in [1.29, 1.82) is 0 Å². The van der Waals surface area contributed by atoms with Gasteiger partial charge in [0.1, 0.15) is 6.54 Å². The molecule has 0 spiro atoms. The molecule has 19 heavy (non-hydrogen) atoms. The van der Waals surface area contributed by atoms with Crippen LogP contribution in [0.4, 0.5) is 5.69 Å². The maximum Gasteiger partial charge on any atom is 0.279 e. The molecule has 2 aromatic rings. The number of rotatable bonds is 6. The Labute approximate surface area is 112 Å². The quantitative estimate of drug-likeness (QED) is 0.826. The summed E-state index contributed by atoms with van der Waals surface area (Å²) in [6, 6.07) is 11.7. The van der Waals surface area contributed by atoms with Crippen LogP contribution in [0.5, 0.6) is 0 Å². The smallest absolute Gasteiger partial charge is 0.279 e. The third-order valence-electron chi connectivity index (χ3n) is 2.90. The van der Waals surface area contributed by atoms with Gasteiger partial charge in [-0.15, -0.1) is 0 Å². The lowest BCUT2D eigenvalue weighted by atomic mass is 10.1. The summed E-state index contributed by atoms with van der Waals surface area (Å²) in [6.07, 6.45) is 2.64. The second-order valence-electron chi connectivity index (χ2n) is 4.37. The molecular weight excluding hydrogens is 240 g/mol. The topological polar surface area (TPSA) is 58.9 Å². The molecule has 0 aliphatic rings. The Morgan fingerprint density at radius 1 is 1.26 bits per heavy atom. The summed E-state index contributed by atoms with van der Waals surface area (Å²) in [5, 5.41) is 4.78. The van der Waals surface area contributed by atoms with Gasteiger partial charge in [-0.2, -0.15) is 0 Å². The summed E-state index contributed by atoms with van der Waals surface area (Å²) >= 11 is 0. The summed E-state index contributed by atoms with van der Waals surface area (Å²) in [5.41, 5.74) is 2.11. The number of anilines is 1. The van der Waals surface area contributed by atoms with E-state index in [9.17, 15) is 4.79 Å². The molecule has 0 atom stereocenters. The lowest BCUT2D eigenvalue weighted by Crippen LogP contribution is -2.84. The van der Waals surface area contributed by atoms with Gasteiger partial charge in [-0.25, -0.2) is 0 Å². The molecule has 1 aromatic heterocycles. The predicted octanol–water partition coefficient (Wildman–Crippen LogP) is 1.54. The van der Waals surface area contributed by atoms with E-state index < -0.39 is 0 Å². The fourth-order valence-corrected chi connectivity index (χ4v) is 1.81. The molecule has 0 saturated heterocycles. The van der Waals surface area contributed by atoms with Crippen LogP contribution in [0.1, 0.15) is 18.2 Å². The van der Waals surface area contributed by atoms with Crippen LogP contribution in [0.3, 0.4) is 0 Å². The molecule has 0 aliphatic heterocycles. The van der Waals surface area contributed by atoms with Crippen LogP contribution < -0.4 is 10.6 Å². The van der Waals surface area contributed by atoms with Gasteiger partial charge in [-0.3, -0.25) is 4.79 Å². The Morgan fingerprint density at radius 2 is 2.05 bits per heavy atom. The number of quaternary nitrogens is 1. The number of furan rings is 1. The van der Waals surface area contributed by atoms with Gasteiger partial charge in [0.25, 0.3) is 5.91 Å². The molecule has 1 aromatic carbocycles. The summed E-state index contributed by atoms with van der Waals surface area (Å²) < 4.78 is 5.20. The van der Waals surface area contributed by atoms with Crippen LogP contribution in [0, 0.1) is 0 Å². The van der Waals surface area contributed by atoms with E-state index in [-0.39, 0.29) is 5.91 Å². The normalized spacial score (nSPS) is 10.4. The molecule has 1 heterocycles. The molecule has 0 aliphatic carbocycles. The Balaban J connectivity index is 1.74. The first-order valence-electron chi connectivity index (χ1n) is 6.50. The largest absolute Gasteiger partial charge is 0.463 e. The predicted molar refractivity (Wildman–Crippen MR) is 73.7 cm³/mol. The van der Waals surface area contributed by atoms with E-state index in [1.807, 2.05) is 41.7 Å². The second kappa shape index (κ2) is 6.75. The number of hydrogen-bond donors (Lipinski definition) is 2. The third-order valence-corrected chi connectivity index (χ3v) is 2.90.